The summed E-state index contributed by atoms with van der Waals surface area (Å²) in [5.74, 6) is 0. The van der Waals surface area contributed by atoms with Crippen molar-refractivity contribution in [2.75, 3.05) is 12.9 Å². The van der Waals surface area contributed by atoms with Crippen LogP contribution in [0.5, 0.6) is 0 Å². The molecule has 0 saturated carbocycles. The van der Waals surface area contributed by atoms with E-state index in [1.807, 2.05) is 0 Å². The molecule has 0 rings (SSSR count). The molecule has 5 heteroatoms. The Bertz CT molecular complexity index is 278. The second-order valence-corrected chi connectivity index (χ2v) is 6.47. The van der Waals surface area contributed by atoms with E-state index in [1.165, 1.54) is 32.1 Å². The molecule has 0 saturated heterocycles. The normalized spacial score (nSPS) is 13.7. The van der Waals surface area contributed by atoms with Gasteiger partial charge < -0.3 is 0 Å². The molecule has 0 radical (unpaired) electrons. The van der Waals surface area contributed by atoms with E-state index >= 15 is 0 Å². The maximum absolute atomic E-state index is 13.3. The standard InChI is InChI=1S/C13H27FO3S/c1-3-4-5-6-7-8-9-10-13(14)11-12-17-18(2,15)16/h13H,3-12H2,1-2H3/t13-/m0/s1. The smallest absolute Gasteiger partial charge is 0.264 e. The maximum atomic E-state index is 13.3. The average Bonchev–Trinajstić information content (AvgIpc) is 2.26. The molecule has 0 aromatic heterocycles. The number of rotatable bonds is 12. The van der Waals surface area contributed by atoms with E-state index in [0.717, 1.165) is 19.1 Å². The molecular weight excluding hydrogens is 255 g/mol. The van der Waals surface area contributed by atoms with Crippen molar-refractivity contribution in [1.29, 1.82) is 0 Å². The van der Waals surface area contributed by atoms with Crippen LogP contribution in [-0.4, -0.2) is 27.5 Å². The molecule has 0 unspecified atom stereocenters. The summed E-state index contributed by atoms with van der Waals surface area (Å²) in [6.45, 7) is 2.14. The Kier molecular flexibility index (Phi) is 10.6. The zero-order valence-corrected chi connectivity index (χ0v) is 12.5. The first kappa shape index (κ1) is 17.8. The van der Waals surface area contributed by atoms with Gasteiger partial charge in [-0.3, -0.25) is 4.18 Å². The number of alkyl halides is 1. The molecule has 0 amide bonds. The van der Waals surface area contributed by atoms with Crippen LogP contribution in [0.25, 0.3) is 0 Å². The zero-order valence-electron chi connectivity index (χ0n) is 11.7. The minimum Gasteiger partial charge on any atom is -0.270 e. The Morgan fingerprint density at radius 2 is 1.56 bits per heavy atom. The highest BCUT2D eigenvalue weighted by Gasteiger charge is 2.08. The van der Waals surface area contributed by atoms with E-state index in [9.17, 15) is 12.8 Å². The predicted octanol–water partition coefficient (Wildman–Crippen LogP) is 3.83. The Hall–Kier alpha value is -0.160. The SMILES string of the molecule is CCCCCCCCC[C@H](F)CCOS(C)(=O)=O. The van der Waals surface area contributed by atoms with Crippen LogP contribution in [0.1, 0.15) is 64.7 Å². The van der Waals surface area contributed by atoms with Gasteiger partial charge in [0.15, 0.2) is 0 Å². The van der Waals surface area contributed by atoms with Gasteiger partial charge in [-0.2, -0.15) is 8.42 Å². The van der Waals surface area contributed by atoms with Crippen molar-refractivity contribution in [3.8, 4) is 0 Å². The van der Waals surface area contributed by atoms with Crippen molar-refractivity contribution in [3.05, 3.63) is 0 Å². The molecule has 0 aromatic rings. The van der Waals surface area contributed by atoms with Gasteiger partial charge in [-0.25, -0.2) is 4.39 Å². The molecule has 3 nitrogen and oxygen atoms in total. The average molecular weight is 282 g/mol. The largest absolute Gasteiger partial charge is 0.270 e. The van der Waals surface area contributed by atoms with Crippen LogP contribution in [0.15, 0.2) is 0 Å². The Labute approximate surface area is 111 Å². The van der Waals surface area contributed by atoms with Gasteiger partial charge in [0.1, 0.15) is 6.17 Å². The third-order valence-corrected chi connectivity index (χ3v) is 3.44. The molecule has 18 heavy (non-hydrogen) atoms. The van der Waals surface area contributed by atoms with Gasteiger partial charge in [0.2, 0.25) is 0 Å². The molecule has 0 aliphatic heterocycles. The van der Waals surface area contributed by atoms with E-state index in [4.69, 9.17) is 0 Å². The first-order valence-electron chi connectivity index (χ1n) is 6.94. The molecule has 1 atom stereocenters. The van der Waals surface area contributed by atoms with E-state index in [0.29, 0.717) is 6.42 Å². The minimum absolute atomic E-state index is 0.0451. The minimum atomic E-state index is -3.42. The van der Waals surface area contributed by atoms with Gasteiger partial charge in [0.05, 0.1) is 12.9 Å². The third kappa shape index (κ3) is 13.9. The van der Waals surface area contributed by atoms with Crippen molar-refractivity contribution >= 4 is 10.1 Å². The molecule has 0 bridgehead atoms. The zero-order chi connectivity index (χ0) is 13.9. The Morgan fingerprint density at radius 1 is 1.00 bits per heavy atom. The van der Waals surface area contributed by atoms with Gasteiger partial charge in [-0.15, -0.1) is 0 Å². The van der Waals surface area contributed by atoms with Crippen LogP contribution in [0.2, 0.25) is 0 Å². The monoisotopic (exact) mass is 282 g/mol. The summed E-state index contributed by atoms with van der Waals surface area (Å²) >= 11 is 0. The highest BCUT2D eigenvalue weighted by atomic mass is 32.2. The lowest BCUT2D eigenvalue weighted by Gasteiger charge is -2.07. The molecule has 0 aliphatic carbocycles. The van der Waals surface area contributed by atoms with Crippen molar-refractivity contribution in [2.24, 2.45) is 0 Å². The van der Waals surface area contributed by atoms with Crippen LogP contribution < -0.4 is 0 Å². The van der Waals surface area contributed by atoms with Gasteiger partial charge in [-0.1, -0.05) is 51.9 Å². The van der Waals surface area contributed by atoms with Crippen LogP contribution in [0.4, 0.5) is 4.39 Å². The van der Waals surface area contributed by atoms with Crippen LogP contribution in [0, 0.1) is 0 Å². The molecule has 0 spiro atoms. The number of halogens is 1. The lowest BCUT2D eigenvalue weighted by atomic mass is 10.1. The highest BCUT2D eigenvalue weighted by Crippen LogP contribution is 2.13. The van der Waals surface area contributed by atoms with E-state index < -0.39 is 16.3 Å². The molecule has 0 fully saturated rings. The fourth-order valence-electron chi connectivity index (χ4n) is 1.79. The summed E-state index contributed by atoms with van der Waals surface area (Å²) in [6.07, 6.45) is 8.89. The van der Waals surface area contributed by atoms with Gasteiger partial charge >= 0.3 is 0 Å². The molecule has 0 aliphatic rings. The highest BCUT2D eigenvalue weighted by molar-refractivity contribution is 7.85. The fourth-order valence-corrected chi connectivity index (χ4v) is 2.19. The summed E-state index contributed by atoms with van der Waals surface area (Å²) in [5, 5.41) is 0. The van der Waals surface area contributed by atoms with Crippen molar-refractivity contribution < 1.29 is 17.0 Å². The summed E-state index contributed by atoms with van der Waals surface area (Å²) < 4.78 is 39.1. The number of hydrogen-bond donors (Lipinski definition) is 0. The second kappa shape index (κ2) is 10.7. The number of hydrogen-bond acceptors (Lipinski definition) is 3. The molecule has 110 valence electrons. The lowest BCUT2D eigenvalue weighted by molar-refractivity contribution is 0.227. The van der Waals surface area contributed by atoms with Crippen LogP contribution in [0.3, 0.4) is 0 Å². The van der Waals surface area contributed by atoms with Crippen molar-refractivity contribution in [3.63, 3.8) is 0 Å². The van der Waals surface area contributed by atoms with Gasteiger partial charge in [-0.05, 0) is 6.42 Å². The van der Waals surface area contributed by atoms with E-state index in [2.05, 4.69) is 11.1 Å². The Morgan fingerprint density at radius 3 is 2.11 bits per heavy atom. The van der Waals surface area contributed by atoms with Crippen molar-refractivity contribution in [1.82, 2.24) is 0 Å². The molecule has 0 heterocycles. The quantitative estimate of drug-likeness (QED) is 0.403. The summed E-state index contributed by atoms with van der Waals surface area (Å²) in [5.41, 5.74) is 0. The van der Waals surface area contributed by atoms with E-state index in [-0.39, 0.29) is 13.0 Å². The van der Waals surface area contributed by atoms with Gasteiger partial charge in [0.25, 0.3) is 10.1 Å². The number of unbranched alkanes of at least 4 members (excludes halogenated alkanes) is 6. The summed E-state index contributed by atoms with van der Waals surface area (Å²) in [4.78, 5) is 0. The second-order valence-electron chi connectivity index (χ2n) is 4.82. The lowest BCUT2D eigenvalue weighted by Crippen LogP contribution is -2.09. The van der Waals surface area contributed by atoms with Gasteiger partial charge in [0, 0.05) is 6.42 Å². The molecular formula is C13H27FO3S. The van der Waals surface area contributed by atoms with Crippen LogP contribution >= 0.6 is 0 Å². The first-order chi connectivity index (χ1) is 8.45. The Balaban J connectivity index is 3.29. The third-order valence-electron chi connectivity index (χ3n) is 2.85. The van der Waals surface area contributed by atoms with Crippen molar-refractivity contribution in [2.45, 2.75) is 70.9 Å². The molecule has 0 aromatic carbocycles. The summed E-state index contributed by atoms with van der Waals surface area (Å²) in [6, 6.07) is 0. The molecule has 0 N–H and O–H groups in total. The van der Waals surface area contributed by atoms with Crippen LogP contribution in [-0.2, 0) is 14.3 Å². The first-order valence-corrected chi connectivity index (χ1v) is 8.76. The summed E-state index contributed by atoms with van der Waals surface area (Å²) in [7, 11) is -3.42. The van der Waals surface area contributed by atoms with E-state index in [1.54, 1.807) is 0 Å². The fraction of sp³-hybridized carbons (Fsp3) is 1.00. The topological polar surface area (TPSA) is 43.4 Å². The predicted molar refractivity (Wildman–Crippen MR) is 72.9 cm³/mol. The maximum Gasteiger partial charge on any atom is 0.264 e.